The number of ether oxygens (including phenoxy) is 1. The second-order valence-electron chi connectivity index (χ2n) is 13.5. The third-order valence-electron chi connectivity index (χ3n) is 8.71. The van der Waals surface area contributed by atoms with Gasteiger partial charge in [0.05, 0.1) is 0 Å². The summed E-state index contributed by atoms with van der Waals surface area (Å²) in [7, 11) is 0. The molecule has 2 atom stereocenters. The fourth-order valence-corrected chi connectivity index (χ4v) is 6.31. The number of imide groups is 1. The molecule has 2 unspecified atom stereocenters. The minimum atomic E-state index is -0.677. The molecule has 8 heteroatoms. The van der Waals surface area contributed by atoms with Crippen molar-refractivity contribution in [1.82, 2.24) is 10.2 Å². The Morgan fingerprint density at radius 2 is 1.66 bits per heavy atom. The van der Waals surface area contributed by atoms with Gasteiger partial charge in [0.2, 0.25) is 23.6 Å². The van der Waals surface area contributed by atoms with Gasteiger partial charge in [-0.05, 0) is 47.8 Å². The van der Waals surface area contributed by atoms with Gasteiger partial charge in [0.15, 0.2) is 0 Å². The average Bonchev–Trinajstić information content (AvgIpc) is 3.11. The molecular weight excluding hydrogens is 518 g/mol. The fourth-order valence-electron chi connectivity index (χ4n) is 6.31. The van der Waals surface area contributed by atoms with Crippen LogP contribution in [-0.2, 0) is 29.3 Å². The quantitative estimate of drug-likeness (QED) is 0.172. The molecule has 1 saturated carbocycles. The van der Waals surface area contributed by atoms with Gasteiger partial charge in [-0.2, -0.15) is 0 Å². The van der Waals surface area contributed by atoms with E-state index in [4.69, 9.17) is 4.74 Å². The Balaban J connectivity index is 1.31. The van der Waals surface area contributed by atoms with Crippen LogP contribution in [0.25, 0.3) is 0 Å². The lowest BCUT2D eigenvalue weighted by Gasteiger charge is -2.39. The summed E-state index contributed by atoms with van der Waals surface area (Å²) in [5, 5.41) is 5.69. The molecule has 2 aliphatic rings. The van der Waals surface area contributed by atoms with Crippen molar-refractivity contribution in [2.75, 3.05) is 31.6 Å². The van der Waals surface area contributed by atoms with E-state index in [-0.39, 0.29) is 42.3 Å². The van der Waals surface area contributed by atoms with Gasteiger partial charge in [0.1, 0.15) is 13.2 Å². The molecule has 1 heterocycles. The summed E-state index contributed by atoms with van der Waals surface area (Å²) in [6, 6.07) is 7.53. The van der Waals surface area contributed by atoms with Gasteiger partial charge in [-0.15, -0.1) is 0 Å². The number of benzene rings is 1. The van der Waals surface area contributed by atoms with Crippen molar-refractivity contribution in [2.24, 2.45) is 17.3 Å². The lowest BCUT2D eigenvalue weighted by Crippen LogP contribution is -2.53. The Kier molecular flexibility index (Phi) is 11.9. The third-order valence-corrected chi connectivity index (χ3v) is 8.71. The summed E-state index contributed by atoms with van der Waals surface area (Å²) in [5.74, 6) is 0.952. The molecule has 0 radical (unpaired) electrons. The number of nitrogens with zero attached hydrogens (tertiary/aromatic N) is 1. The number of hydrogen-bond acceptors (Lipinski definition) is 5. The first-order valence-corrected chi connectivity index (χ1v) is 15.5. The maximum atomic E-state index is 12.8. The van der Waals surface area contributed by atoms with Gasteiger partial charge in [0.25, 0.3) is 0 Å². The van der Waals surface area contributed by atoms with Gasteiger partial charge in [-0.3, -0.25) is 24.1 Å². The van der Waals surface area contributed by atoms with Crippen LogP contribution >= 0.6 is 0 Å². The molecule has 0 bridgehead atoms. The zero-order valence-corrected chi connectivity index (χ0v) is 25.9. The van der Waals surface area contributed by atoms with Crippen LogP contribution in [-0.4, -0.2) is 54.8 Å². The Morgan fingerprint density at radius 3 is 2.32 bits per heavy atom. The molecule has 1 aromatic rings. The first kappa shape index (κ1) is 32.8. The second-order valence-corrected chi connectivity index (χ2v) is 13.5. The van der Waals surface area contributed by atoms with Gasteiger partial charge < -0.3 is 15.4 Å². The Morgan fingerprint density at radius 1 is 0.951 bits per heavy atom. The highest BCUT2D eigenvalue weighted by molar-refractivity contribution is 6.01. The lowest BCUT2D eigenvalue weighted by molar-refractivity contribution is -0.158. The molecule has 4 amide bonds. The third kappa shape index (κ3) is 10.2. The zero-order chi connectivity index (χ0) is 30.0. The highest BCUT2D eigenvalue weighted by Crippen LogP contribution is 2.39. The molecule has 1 aliphatic heterocycles. The summed E-state index contributed by atoms with van der Waals surface area (Å²) in [6.45, 7) is 11.1. The van der Waals surface area contributed by atoms with E-state index in [9.17, 15) is 19.2 Å². The second kappa shape index (κ2) is 14.9. The monoisotopic (exact) mass is 569 g/mol. The fraction of sp³-hybridized carbons (Fsp3) is 0.697. The molecule has 2 fully saturated rings. The van der Waals surface area contributed by atoms with E-state index >= 15 is 0 Å². The van der Waals surface area contributed by atoms with Gasteiger partial charge in [-0.1, -0.05) is 91.7 Å². The van der Waals surface area contributed by atoms with Crippen LogP contribution < -0.4 is 10.6 Å². The summed E-state index contributed by atoms with van der Waals surface area (Å²) in [5.41, 5.74) is 0.666. The molecule has 228 valence electrons. The molecule has 1 aromatic carbocycles. The van der Waals surface area contributed by atoms with Crippen LogP contribution in [0, 0.1) is 17.3 Å². The van der Waals surface area contributed by atoms with Crippen molar-refractivity contribution in [2.45, 2.75) is 104 Å². The van der Waals surface area contributed by atoms with Crippen molar-refractivity contribution in [3.8, 4) is 0 Å². The molecule has 0 aromatic heterocycles. The van der Waals surface area contributed by atoms with Crippen molar-refractivity contribution in [3.63, 3.8) is 0 Å². The number of nitrogens with one attached hydrogen (secondary N) is 2. The number of carbonyl (C=O) groups is 4. The molecule has 2 N–H and O–H groups in total. The molecule has 1 aliphatic carbocycles. The SMILES string of the molecule is CC1CCCC(CCCCNC(=O)COCC(=O)Nc2ccc(C(C)(C)CC(C)(C)C(=O)N3CCC3=O)cc2)CC1. The minimum absolute atomic E-state index is 0.101. The molecule has 41 heavy (non-hydrogen) atoms. The predicted molar refractivity (Wildman–Crippen MR) is 161 cm³/mol. The van der Waals surface area contributed by atoms with E-state index in [0.717, 1.165) is 30.2 Å². The number of unbranched alkanes of at least 4 members (excludes halogenated alkanes) is 1. The van der Waals surface area contributed by atoms with Crippen LogP contribution in [0.5, 0.6) is 0 Å². The normalized spacial score (nSPS) is 19.7. The predicted octanol–water partition coefficient (Wildman–Crippen LogP) is 5.60. The summed E-state index contributed by atoms with van der Waals surface area (Å²) in [4.78, 5) is 50.3. The van der Waals surface area contributed by atoms with Crippen LogP contribution in [0.4, 0.5) is 5.69 Å². The number of amides is 4. The molecule has 8 nitrogen and oxygen atoms in total. The van der Waals surface area contributed by atoms with Crippen molar-refractivity contribution in [1.29, 1.82) is 0 Å². The Hall–Kier alpha value is -2.74. The number of anilines is 1. The van der Waals surface area contributed by atoms with Crippen molar-refractivity contribution < 1.29 is 23.9 Å². The number of β-lactam (4-membered cyclic amide) rings is 1. The number of rotatable bonds is 14. The average molecular weight is 570 g/mol. The topological polar surface area (TPSA) is 105 Å². The van der Waals surface area contributed by atoms with E-state index in [1.807, 2.05) is 38.1 Å². The van der Waals surface area contributed by atoms with Crippen LogP contribution in [0.3, 0.4) is 0 Å². The standard InChI is InChI=1S/C33H51N3O5/c1-24-9-8-11-25(13-12-24)10-6-7-19-34-28(37)21-41-22-29(38)35-27-16-14-26(15-17-27)32(2,3)23-33(4,5)31(40)36-20-18-30(36)39/h14-17,24-25H,6-13,18-23H2,1-5H3,(H,34,37)(H,35,38). The van der Waals surface area contributed by atoms with Crippen LogP contribution in [0.1, 0.15) is 104 Å². The Labute approximate surface area is 246 Å². The van der Waals surface area contributed by atoms with E-state index in [1.54, 1.807) is 0 Å². The van der Waals surface area contributed by atoms with E-state index in [0.29, 0.717) is 31.6 Å². The number of carbonyl (C=O) groups excluding carboxylic acids is 4. The lowest BCUT2D eigenvalue weighted by atomic mass is 9.70. The maximum Gasteiger partial charge on any atom is 0.250 e. The molecule has 1 saturated heterocycles. The maximum absolute atomic E-state index is 12.8. The molecule has 3 rings (SSSR count). The first-order chi connectivity index (χ1) is 19.4. The summed E-state index contributed by atoms with van der Waals surface area (Å²) >= 11 is 0. The Bertz CT molecular complexity index is 1050. The first-order valence-electron chi connectivity index (χ1n) is 15.5. The van der Waals surface area contributed by atoms with Crippen molar-refractivity contribution >= 4 is 29.3 Å². The smallest absolute Gasteiger partial charge is 0.250 e. The highest BCUT2D eigenvalue weighted by atomic mass is 16.5. The van der Waals surface area contributed by atoms with E-state index in [1.165, 1.54) is 43.4 Å². The van der Waals surface area contributed by atoms with Crippen LogP contribution in [0.15, 0.2) is 24.3 Å². The van der Waals surface area contributed by atoms with Gasteiger partial charge in [-0.25, -0.2) is 0 Å². The van der Waals surface area contributed by atoms with E-state index < -0.39 is 5.41 Å². The van der Waals surface area contributed by atoms with E-state index in [2.05, 4.69) is 31.4 Å². The molecular formula is C33H51N3O5. The minimum Gasteiger partial charge on any atom is -0.362 e. The van der Waals surface area contributed by atoms with Gasteiger partial charge in [0, 0.05) is 30.6 Å². The number of likely N-dealkylation sites (tertiary alicyclic amines) is 1. The summed E-state index contributed by atoms with van der Waals surface area (Å²) in [6.07, 6.45) is 11.1. The van der Waals surface area contributed by atoms with Crippen molar-refractivity contribution in [3.05, 3.63) is 29.8 Å². The largest absolute Gasteiger partial charge is 0.362 e. The number of hydrogen-bond donors (Lipinski definition) is 2. The zero-order valence-electron chi connectivity index (χ0n) is 25.9. The highest BCUT2D eigenvalue weighted by Gasteiger charge is 2.42. The summed E-state index contributed by atoms with van der Waals surface area (Å²) < 4.78 is 5.32. The molecule has 0 spiro atoms. The van der Waals surface area contributed by atoms with Crippen LogP contribution in [0.2, 0.25) is 0 Å². The van der Waals surface area contributed by atoms with Gasteiger partial charge >= 0.3 is 0 Å².